The highest BCUT2D eigenvalue weighted by molar-refractivity contribution is 7.99. The molecule has 2 aliphatic heterocycles. The summed E-state index contributed by atoms with van der Waals surface area (Å²) in [4.78, 5) is 19.6. The number of halogens is 1. The third-order valence-corrected chi connectivity index (χ3v) is 6.53. The van der Waals surface area contributed by atoms with Gasteiger partial charge in [0.25, 0.3) is 5.56 Å². The predicted octanol–water partition coefficient (Wildman–Crippen LogP) is 3.92. The molecule has 3 heterocycles. The van der Waals surface area contributed by atoms with Gasteiger partial charge < -0.3 is 19.2 Å². The van der Waals surface area contributed by atoms with E-state index in [9.17, 15) is 9.18 Å². The molecule has 0 radical (unpaired) electrons. The first kappa shape index (κ1) is 22.1. The fourth-order valence-corrected chi connectivity index (χ4v) is 4.65. The number of aromatic amines is 1. The molecule has 0 aliphatic carbocycles. The van der Waals surface area contributed by atoms with E-state index in [-0.39, 0.29) is 12.8 Å². The molecule has 2 fully saturated rings. The Kier molecular flexibility index (Phi) is 7.91. The molecule has 1 atom stereocenters. The Morgan fingerprint density at radius 2 is 2.03 bits per heavy atom. The molecule has 1 aromatic carbocycles. The van der Waals surface area contributed by atoms with Crippen molar-refractivity contribution >= 4 is 22.7 Å². The van der Waals surface area contributed by atoms with Gasteiger partial charge in [-0.3, -0.25) is 4.79 Å². The van der Waals surface area contributed by atoms with Crippen molar-refractivity contribution in [3.8, 4) is 5.75 Å². The Morgan fingerprint density at radius 1 is 1.21 bits per heavy atom. The molecular weight excluding hydrogens is 395 g/mol. The first-order valence-corrected chi connectivity index (χ1v) is 10.9. The molecule has 1 aromatic heterocycles. The zero-order chi connectivity index (χ0) is 19.3. The summed E-state index contributed by atoms with van der Waals surface area (Å²) in [5.74, 6) is 1.25. The summed E-state index contributed by atoms with van der Waals surface area (Å²) in [6.45, 7) is 3.49. The van der Waals surface area contributed by atoms with E-state index in [0.29, 0.717) is 47.2 Å². The van der Waals surface area contributed by atoms with E-state index in [0.717, 1.165) is 45.5 Å². The molecule has 2 aromatic rings. The van der Waals surface area contributed by atoms with E-state index in [1.165, 1.54) is 6.07 Å². The number of thioether (sulfide) groups is 1. The molecule has 0 saturated carbocycles. The van der Waals surface area contributed by atoms with Crippen LogP contribution in [0, 0.1) is 11.7 Å². The molecule has 160 valence electrons. The van der Waals surface area contributed by atoms with Gasteiger partial charge in [0.05, 0.1) is 24.5 Å². The van der Waals surface area contributed by atoms with E-state index in [4.69, 9.17) is 14.2 Å². The predicted molar refractivity (Wildman–Crippen MR) is 113 cm³/mol. The number of hydrogen-bond acceptors (Lipinski definition) is 6. The molecule has 8 heteroatoms. The second kappa shape index (κ2) is 10.4. The number of hydrogen-bond donors (Lipinski definition) is 1. The Balaban J connectivity index is 0.00000240. The highest BCUT2D eigenvalue weighted by atomic mass is 32.2. The van der Waals surface area contributed by atoms with Crippen molar-refractivity contribution in [3.63, 3.8) is 0 Å². The van der Waals surface area contributed by atoms with Crippen molar-refractivity contribution in [1.82, 2.24) is 9.97 Å². The van der Waals surface area contributed by atoms with Gasteiger partial charge in [-0.1, -0.05) is 7.43 Å². The lowest BCUT2D eigenvalue weighted by atomic mass is 10.0. The minimum atomic E-state index is -0.607. The van der Waals surface area contributed by atoms with Gasteiger partial charge in [-0.25, -0.2) is 9.37 Å². The summed E-state index contributed by atoms with van der Waals surface area (Å²) in [7, 11) is 0. The fraction of sp³-hybridized carbons (Fsp3) is 0.619. The van der Waals surface area contributed by atoms with Gasteiger partial charge in [0, 0.05) is 43.1 Å². The van der Waals surface area contributed by atoms with Crippen LogP contribution in [0.5, 0.6) is 5.75 Å². The van der Waals surface area contributed by atoms with Crippen LogP contribution in [0.25, 0.3) is 10.9 Å². The summed E-state index contributed by atoms with van der Waals surface area (Å²) < 4.78 is 31.1. The summed E-state index contributed by atoms with van der Waals surface area (Å²) in [5, 5.41) is 0.479. The van der Waals surface area contributed by atoms with E-state index in [1.807, 2.05) is 0 Å². The standard InChI is InChI=1S/C20H25FN2O4S.CH4/c21-16-8-14(27-11-13-2-1-5-26-10-13)9-17-19(16)20(24)23-18(22-17)12-28-15-3-6-25-7-4-15;/h8-9,13,15H,1-7,10-12H2,(H,22,23,24);1H4. The monoisotopic (exact) mass is 424 g/mol. The number of ether oxygens (including phenoxy) is 3. The second-order valence-corrected chi connectivity index (χ2v) is 8.62. The van der Waals surface area contributed by atoms with Crippen LogP contribution in [0.1, 0.15) is 38.9 Å². The summed E-state index contributed by atoms with van der Waals surface area (Å²) in [5.41, 5.74) is -0.112. The van der Waals surface area contributed by atoms with Crippen molar-refractivity contribution in [2.24, 2.45) is 5.92 Å². The number of benzene rings is 1. The van der Waals surface area contributed by atoms with Crippen molar-refractivity contribution < 1.29 is 18.6 Å². The normalized spacial score (nSPS) is 20.4. The highest BCUT2D eigenvalue weighted by Gasteiger charge is 2.18. The maximum absolute atomic E-state index is 14.5. The van der Waals surface area contributed by atoms with Crippen molar-refractivity contribution in [2.75, 3.05) is 33.0 Å². The van der Waals surface area contributed by atoms with Gasteiger partial charge in [0.1, 0.15) is 22.8 Å². The Hall–Kier alpha value is -1.64. The van der Waals surface area contributed by atoms with Gasteiger partial charge in [-0.15, -0.1) is 0 Å². The highest BCUT2D eigenvalue weighted by Crippen LogP contribution is 2.26. The van der Waals surface area contributed by atoms with Crippen LogP contribution >= 0.6 is 11.8 Å². The fourth-order valence-electron chi connectivity index (χ4n) is 3.59. The number of nitrogens with one attached hydrogen (secondary N) is 1. The summed E-state index contributed by atoms with van der Waals surface area (Å²) >= 11 is 1.75. The Bertz CT molecular complexity index is 858. The molecule has 0 amide bonds. The number of nitrogens with zero attached hydrogens (tertiary/aromatic N) is 1. The van der Waals surface area contributed by atoms with Gasteiger partial charge in [0.15, 0.2) is 0 Å². The van der Waals surface area contributed by atoms with E-state index < -0.39 is 11.4 Å². The molecule has 1 unspecified atom stereocenters. The number of aromatic nitrogens is 2. The zero-order valence-electron chi connectivity index (χ0n) is 15.7. The summed E-state index contributed by atoms with van der Waals surface area (Å²) in [6, 6.07) is 2.92. The molecular formula is C21H29FN2O4S. The van der Waals surface area contributed by atoms with Crippen LogP contribution in [0.15, 0.2) is 16.9 Å². The summed E-state index contributed by atoms with van der Waals surface area (Å²) in [6.07, 6.45) is 4.06. The van der Waals surface area contributed by atoms with Crippen molar-refractivity contribution in [3.05, 3.63) is 34.1 Å². The molecule has 2 aliphatic rings. The molecule has 2 saturated heterocycles. The Labute approximate surface area is 174 Å². The second-order valence-electron chi connectivity index (χ2n) is 7.33. The molecule has 4 rings (SSSR count). The quantitative estimate of drug-likeness (QED) is 0.758. The number of fused-ring (bicyclic) bond motifs is 1. The van der Waals surface area contributed by atoms with Crippen LogP contribution < -0.4 is 10.3 Å². The lowest BCUT2D eigenvalue weighted by molar-refractivity contribution is 0.0352. The van der Waals surface area contributed by atoms with Crippen molar-refractivity contribution in [1.29, 1.82) is 0 Å². The average molecular weight is 425 g/mol. The van der Waals surface area contributed by atoms with Crippen LogP contribution in [0.2, 0.25) is 0 Å². The molecule has 1 N–H and O–H groups in total. The first-order chi connectivity index (χ1) is 13.7. The molecule has 0 bridgehead atoms. The smallest absolute Gasteiger partial charge is 0.261 e. The number of rotatable bonds is 6. The van der Waals surface area contributed by atoms with Crippen LogP contribution in [0.4, 0.5) is 4.39 Å². The molecule has 29 heavy (non-hydrogen) atoms. The largest absolute Gasteiger partial charge is 0.493 e. The lowest BCUT2D eigenvalue weighted by Crippen LogP contribution is -2.23. The van der Waals surface area contributed by atoms with Crippen LogP contribution in [0.3, 0.4) is 0 Å². The maximum atomic E-state index is 14.5. The molecule has 6 nitrogen and oxygen atoms in total. The third kappa shape index (κ3) is 5.71. The SMILES string of the molecule is C.O=c1[nH]c(CSC2CCOCC2)nc2cc(OCC3CCCOC3)cc(F)c12. The minimum Gasteiger partial charge on any atom is -0.493 e. The minimum absolute atomic E-state index is 0. The lowest BCUT2D eigenvalue weighted by Gasteiger charge is -2.22. The van der Waals surface area contributed by atoms with E-state index in [1.54, 1.807) is 17.8 Å². The number of H-pyrrole nitrogens is 1. The topological polar surface area (TPSA) is 73.4 Å². The maximum Gasteiger partial charge on any atom is 0.261 e. The van der Waals surface area contributed by atoms with E-state index >= 15 is 0 Å². The first-order valence-electron chi connectivity index (χ1n) is 9.81. The van der Waals surface area contributed by atoms with Gasteiger partial charge >= 0.3 is 0 Å². The van der Waals surface area contributed by atoms with E-state index in [2.05, 4.69) is 9.97 Å². The van der Waals surface area contributed by atoms with Gasteiger partial charge in [-0.05, 0) is 25.7 Å². The van der Waals surface area contributed by atoms with Crippen LogP contribution in [-0.4, -0.2) is 48.3 Å². The van der Waals surface area contributed by atoms with Gasteiger partial charge in [0.2, 0.25) is 0 Å². The van der Waals surface area contributed by atoms with Crippen LogP contribution in [-0.2, 0) is 15.2 Å². The average Bonchev–Trinajstić information content (AvgIpc) is 2.72. The zero-order valence-corrected chi connectivity index (χ0v) is 16.6. The van der Waals surface area contributed by atoms with Gasteiger partial charge in [-0.2, -0.15) is 11.8 Å². The molecule has 0 spiro atoms. The van der Waals surface area contributed by atoms with Crippen molar-refractivity contribution in [2.45, 2.75) is 44.1 Å². The Morgan fingerprint density at radius 3 is 2.79 bits per heavy atom. The third-order valence-electron chi connectivity index (χ3n) is 5.15.